The van der Waals surface area contributed by atoms with E-state index in [1.54, 1.807) is 13.8 Å². The summed E-state index contributed by atoms with van der Waals surface area (Å²) in [6, 6.07) is 8.62. The standard InChI is InChI=1S/C27H30ClF3N4O5S/c1-3-35-22(17-33-13-15-34(16-14-33)41(38,39)21-11-9-20(28)10-12-21)23(25(36)40-4-2)24(32-26(35)37)18-5-7-19(8-6-18)27(29,30)31/h5-12,24H,3-4,13-17H2,1-2H3,(H,32,37). The molecule has 2 aromatic carbocycles. The van der Waals surface area contributed by atoms with Crippen molar-refractivity contribution >= 4 is 33.6 Å². The smallest absolute Gasteiger partial charge is 0.416 e. The van der Waals surface area contributed by atoms with Crippen molar-refractivity contribution in [3.05, 3.63) is 76.0 Å². The van der Waals surface area contributed by atoms with Crippen LogP contribution in [0.25, 0.3) is 0 Å². The number of halogens is 4. The van der Waals surface area contributed by atoms with Crippen molar-refractivity contribution in [1.82, 2.24) is 19.4 Å². The van der Waals surface area contributed by atoms with Crippen LogP contribution >= 0.6 is 11.6 Å². The van der Waals surface area contributed by atoms with E-state index < -0.39 is 39.8 Å². The number of hydrogen-bond acceptors (Lipinski definition) is 6. The Morgan fingerprint density at radius 1 is 1.02 bits per heavy atom. The van der Waals surface area contributed by atoms with Crippen LogP contribution in [-0.4, -0.2) is 80.4 Å². The number of sulfonamides is 1. The maximum Gasteiger partial charge on any atom is 0.416 e. The minimum atomic E-state index is -4.54. The van der Waals surface area contributed by atoms with Gasteiger partial charge in [0.05, 0.1) is 28.7 Å². The number of urea groups is 1. The molecule has 0 aliphatic carbocycles. The van der Waals surface area contributed by atoms with Gasteiger partial charge in [-0.1, -0.05) is 23.7 Å². The summed E-state index contributed by atoms with van der Waals surface area (Å²) in [7, 11) is -3.74. The second-order valence-electron chi connectivity index (χ2n) is 9.46. The van der Waals surface area contributed by atoms with Gasteiger partial charge in [0, 0.05) is 50.0 Å². The molecule has 9 nitrogen and oxygen atoms in total. The highest BCUT2D eigenvalue weighted by Crippen LogP contribution is 2.35. The Morgan fingerprint density at radius 3 is 2.17 bits per heavy atom. The first-order chi connectivity index (χ1) is 19.4. The predicted molar refractivity (Wildman–Crippen MR) is 145 cm³/mol. The third-order valence-electron chi connectivity index (χ3n) is 6.98. The first kappa shape index (κ1) is 30.8. The van der Waals surface area contributed by atoms with Crippen molar-refractivity contribution in [2.45, 2.75) is 31.0 Å². The highest BCUT2D eigenvalue weighted by molar-refractivity contribution is 7.89. The first-order valence-corrected chi connectivity index (χ1v) is 14.8. The zero-order chi connectivity index (χ0) is 29.9. The van der Waals surface area contributed by atoms with Gasteiger partial charge in [-0.25, -0.2) is 18.0 Å². The molecule has 0 aromatic heterocycles. The average Bonchev–Trinajstić information content (AvgIpc) is 2.93. The molecule has 1 atom stereocenters. The molecule has 0 radical (unpaired) electrons. The molecule has 0 saturated carbocycles. The van der Waals surface area contributed by atoms with Gasteiger partial charge in [0.1, 0.15) is 0 Å². The lowest BCUT2D eigenvalue weighted by Gasteiger charge is -2.40. The number of nitrogens with zero attached hydrogens (tertiary/aromatic N) is 3. The molecule has 1 saturated heterocycles. The maximum absolute atomic E-state index is 13.2. The minimum Gasteiger partial charge on any atom is -0.463 e. The average molecular weight is 615 g/mol. The van der Waals surface area contributed by atoms with Crippen LogP contribution in [-0.2, 0) is 25.7 Å². The van der Waals surface area contributed by atoms with E-state index in [0.717, 1.165) is 12.1 Å². The van der Waals surface area contributed by atoms with Gasteiger partial charge in [-0.05, 0) is 55.8 Å². The van der Waals surface area contributed by atoms with Gasteiger partial charge in [0.15, 0.2) is 0 Å². The van der Waals surface area contributed by atoms with Gasteiger partial charge in [-0.15, -0.1) is 0 Å². The van der Waals surface area contributed by atoms with Gasteiger partial charge in [0.25, 0.3) is 0 Å². The van der Waals surface area contributed by atoms with Crippen LogP contribution in [0.1, 0.15) is 31.0 Å². The molecule has 2 aromatic rings. The van der Waals surface area contributed by atoms with Crippen molar-refractivity contribution in [3.8, 4) is 0 Å². The number of esters is 1. The number of rotatable bonds is 8. The predicted octanol–water partition coefficient (Wildman–Crippen LogP) is 4.27. The Hall–Kier alpha value is -3.13. The fourth-order valence-corrected chi connectivity index (χ4v) is 6.42. The number of alkyl halides is 3. The zero-order valence-electron chi connectivity index (χ0n) is 22.4. The molecule has 1 fully saturated rings. The lowest BCUT2D eigenvalue weighted by Crippen LogP contribution is -2.53. The Labute approximate surface area is 241 Å². The Morgan fingerprint density at radius 2 is 1.63 bits per heavy atom. The summed E-state index contributed by atoms with van der Waals surface area (Å²) < 4.78 is 72.3. The highest BCUT2D eigenvalue weighted by Gasteiger charge is 2.39. The zero-order valence-corrected chi connectivity index (χ0v) is 24.0. The van der Waals surface area contributed by atoms with Crippen LogP contribution in [0.3, 0.4) is 0 Å². The summed E-state index contributed by atoms with van der Waals surface area (Å²) in [5.74, 6) is -0.699. The van der Waals surface area contributed by atoms with E-state index in [0.29, 0.717) is 29.4 Å². The summed E-state index contributed by atoms with van der Waals surface area (Å²) in [5.41, 5.74) is -0.0914. The summed E-state index contributed by atoms with van der Waals surface area (Å²) in [4.78, 5) is 29.8. The topological polar surface area (TPSA) is 99.3 Å². The van der Waals surface area contributed by atoms with Crippen molar-refractivity contribution in [3.63, 3.8) is 0 Å². The number of ether oxygens (including phenoxy) is 1. The molecule has 0 bridgehead atoms. The molecular formula is C27H30ClF3N4O5S. The normalized spacial score (nSPS) is 19.3. The summed E-state index contributed by atoms with van der Waals surface area (Å²) in [6.07, 6.45) is -4.54. The number of nitrogens with one attached hydrogen (secondary N) is 1. The van der Waals surface area contributed by atoms with E-state index >= 15 is 0 Å². The molecule has 2 aliphatic rings. The number of carbonyl (C=O) groups is 2. The second-order valence-corrected chi connectivity index (χ2v) is 11.8. The molecule has 4 rings (SSSR count). The van der Waals surface area contributed by atoms with Crippen LogP contribution < -0.4 is 5.32 Å². The molecule has 2 aliphatic heterocycles. The molecular weight excluding hydrogens is 585 g/mol. The monoisotopic (exact) mass is 614 g/mol. The molecule has 2 heterocycles. The molecule has 222 valence electrons. The Bertz CT molecular complexity index is 1410. The Kier molecular flexibility index (Phi) is 9.32. The third kappa shape index (κ3) is 6.69. The van der Waals surface area contributed by atoms with E-state index in [-0.39, 0.29) is 43.3 Å². The van der Waals surface area contributed by atoms with Gasteiger partial charge < -0.3 is 10.1 Å². The molecule has 14 heteroatoms. The summed E-state index contributed by atoms with van der Waals surface area (Å²) in [5, 5.41) is 3.15. The molecule has 41 heavy (non-hydrogen) atoms. The van der Waals surface area contributed by atoms with Crippen LogP contribution in [0, 0.1) is 0 Å². The number of benzene rings is 2. The molecule has 2 amide bonds. The number of likely N-dealkylation sites (N-methyl/N-ethyl adjacent to an activating group) is 1. The number of amides is 2. The molecule has 0 spiro atoms. The molecule has 1 N–H and O–H groups in total. The van der Waals surface area contributed by atoms with Crippen LogP contribution in [0.4, 0.5) is 18.0 Å². The van der Waals surface area contributed by atoms with Crippen LogP contribution in [0.2, 0.25) is 5.02 Å². The Balaban J connectivity index is 1.62. The number of hydrogen-bond donors (Lipinski definition) is 1. The van der Waals surface area contributed by atoms with Crippen LogP contribution in [0.15, 0.2) is 64.7 Å². The van der Waals surface area contributed by atoms with Crippen molar-refractivity contribution in [1.29, 1.82) is 0 Å². The summed E-state index contributed by atoms with van der Waals surface area (Å²) >= 11 is 5.89. The quantitative estimate of drug-likeness (QED) is 0.446. The fourth-order valence-electron chi connectivity index (χ4n) is 4.87. The SMILES string of the molecule is CCOC(=O)C1=C(CN2CCN(S(=O)(=O)c3ccc(Cl)cc3)CC2)N(CC)C(=O)NC1c1ccc(C(F)(F)F)cc1. The minimum absolute atomic E-state index is 0.0522. The lowest BCUT2D eigenvalue weighted by atomic mass is 9.93. The molecule has 1 unspecified atom stereocenters. The van der Waals surface area contributed by atoms with Gasteiger partial charge in [-0.3, -0.25) is 9.80 Å². The van der Waals surface area contributed by atoms with Gasteiger partial charge in [-0.2, -0.15) is 17.5 Å². The van der Waals surface area contributed by atoms with Crippen molar-refractivity contribution < 1.29 is 35.9 Å². The third-order valence-corrected chi connectivity index (χ3v) is 9.14. The van der Waals surface area contributed by atoms with Gasteiger partial charge >= 0.3 is 18.2 Å². The summed E-state index contributed by atoms with van der Waals surface area (Å²) in [6.45, 7) is 4.74. The van der Waals surface area contributed by atoms with E-state index in [1.165, 1.54) is 45.6 Å². The lowest BCUT2D eigenvalue weighted by molar-refractivity contribution is -0.139. The van der Waals surface area contributed by atoms with E-state index in [9.17, 15) is 31.2 Å². The van der Waals surface area contributed by atoms with Gasteiger partial charge in [0.2, 0.25) is 10.0 Å². The van der Waals surface area contributed by atoms with Crippen LogP contribution in [0.5, 0.6) is 0 Å². The van der Waals surface area contributed by atoms with Crippen molar-refractivity contribution in [2.24, 2.45) is 0 Å². The van der Waals surface area contributed by atoms with E-state index in [4.69, 9.17) is 16.3 Å². The second kappa shape index (κ2) is 12.4. The highest BCUT2D eigenvalue weighted by atomic mass is 35.5. The van der Waals surface area contributed by atoms with E-state index in [1.807, 2.05) is 4.90 Å². The first-order valence-electron chi connectivity index (χ1n) is 13.0. The number of carbonyl (C=O) groups excluding carboxylic acids is 2. The van der Waals surface area contributed by atoms with Crippen molar-refractivity contribution in [2.75, 3.05) is 45.9 Å². The fraction of sp³-hybridized carbons (Fsp3) is 0.407. The van der Waals surface area contributed by atoms with E-state index in [2.05, 4.69) is 5.32 Å². The number of piperazine rings is 1. The largest absolute Gasteiger partial charge is 0.463 e. The maximum atomic E-state index is 13.2.